The van der Waals surface area contributed by atoms with Crippen LogP contribution in [-0.4, -0.2) is 49.5 Å². The highest BCUT2D eigenvalue weighted by atomic mass is 19.3. The van der Waals surface area contributed by atoms with Gasteiger partial charge in [0.25, 0.3) is 5.92 Å². The van der Waals surface area contributed by atoms with Gasteiger partial charge in [0, 0.05) is 29.8 Å². The number of anilines is 1. The lowest BCUT2D eigenvalue weighted by atomic mass is 10.0. The molecule has 0 bridgehead atoms. The summed E-state index contributed by atoms with van der Waals surface area (Å²) in [5.41, 5.74) is 3.63. The topological polar surface area (TPSA) is 76.8 Å². The zero-order valence-corrected chi connectivity index (χ0v) is 16.7. The molecule has 3 aromatic heterocycles. The van der Waals surface area contributed by atoms with E-state index in [1.807, 2.05) is 35.9 Å². The summed E-state index contributed by atoms with van der Waals surface area (Å²) in [4.78, 5) is 22.5. The first-order valence-corrected chi connectivity index (χ1v) is 9.73. The van der Waals surface area contributed by atoms with Crippen LogP contribution < -0.4 is 4.90 Å². The van der Waals surface area contributed by atoms with Crippen molar-refractivity contribution in [2.24, 2.45) is 7.05 Å². The van der Waals surface area contributed by atoms with Crippen LogP contribution >= 0.6 is 0 Å². The number of ketones is 1. The van der Waals surface area contributed by atoms with Gasteiger partial charge in [0.2, 0.25) is 0 Å². The third-order valence-corrected chi connectivity index (χ3v) is 5.33. The van der Waals surface area contributed by atoms with Gasteiger partial charge in [0.1, 0.15) is 5.82 Å². The molecule has 0 unspecified atom stereocenters. The molecule has 1 aromatic carbocycles. The Kier molecular flexibility index (Phi) is 4.46. The van der Waals surface area contributed by atoms with E-state index in [0.29, 0.717) is 17.1 Å². The van der Waals surface area contributed by atoms with Crippen molar-refractivity contribution in [3.8, 4) is 11.3 Å². The molecule has 0 aliphatic carbocycles. The third kappa shape index (κ3) is 3.74. The Balaban J connectivity index is 1.37. The highest BCUT2D eigenvalue weighted by molar-refractivity contribution is 5.98. The molecule has 156 valence electrons. The quantitative estimate of drug-likeness (QED) is 0.461. The number of carbonyl (C=O) groups excluding carboxylic acids is 1. The fourth-order valence-corrected chi connectivity index (χ4v) is 3.67. The minimum Gasteiger partial charge on any atom is -0.344 e. The number of benzene rings is 1. The van der Waals surface area contributed by atoms with Crippen LogP contribution in [-0.2, 0) is 13.5 Å². The number of hydrogen-bond acceptors (Lipinski definition) is 6. The first-order chi connectivity index (χ1) is 14.9. The molecule has 5 rings (SSSR count). The van der Waals surface area contributed by atoms with Gasteiger partial charge in [0.05, 0.1) is 48.9 Å². The zero-order chi connectivity index (χ0) is 21.6. The summed E-state index contributed by atoms with van der Waals surface area (Å²) in [6.07, 6.45) is 5.04. The molecule has 0 spiro atoms. The maximum absolute atomic E-state index is 13.1. The number of alkyl halides is 2. The van der Waals surface area contributed by atoms with Crippen LogP contribution in [0.1, 0.15) is 16.1 Å². The molecular weight excluding hydrogens is 402 g/mol. The van der Waals surface area contributed by atoms with Crippen LogP contribution in [0.15, 0.2) is 55.1 Å². The molecule has 0 atom stereocenters. The van der Waals surface area contributed by atoms with Gasteiger partial charge in [-0.3, -0.25) is 4.79 Å². The van der Waals surface area contributed by atoms with Gasteiger partial charge in [-0.2, -0.15) is 10.2 Å². The molecule has 1 aliphatic rings. The van der Waals surface area contributed by atoms with Gasteiger partial charge >= 0.3 is 0 Å². The molecule has 1 saturated heterocycles. The van der Waals surface area contributed by atoms with Gasteiger partial charge in [-0.25, -0.2) is 18.7 Å². The highest BCUT2D eigenvalue weighted by Gasteiger charge is 2.44. The van der Waals surface area contributed by atoms with E-state index in [2.05, 4.69) is 20.2 Å². The van der Waals surface area contributed by atoms with Crippen molar-refractivity contribution in [3.05, 3.63) is 66.4 Å². The predicted molar refractivity (Wildman–Crippen MR) is 111 cm³/mol. The Bertz CT molecular complexity index is 1290. The molecule has 0 amide bonds. The number of fused-ring (bicyclic) bond motifs is 1. The Morgan fingerprint density at radius 3 is 2.71 bits per heavy atom. The molecule has 31 heavy (non-hydrogen) atoms. The first-order valence-electron chi connectivity index (χ1n) is 9.73. The van der Waals surface area contributed by atoms with E-state index >= 15 is 0 Å². The van der Waals surface area contributed by atoms with Crippen molar-refractivity contribution < 1.29 is 13.6 Å². The second kappa shape index (κ2) is 7.19. The number of halogens is 2. The standard InChI is InChI=1S/C22H18F2N6O/c1-29-13-25-10-19(29)14-2-3-18-16(6-14)7-17(27-28-18)9-20(31)15-4-5-26-21(8-15)30-11-22(23,24)12-30/h2-8,10,13H,9,11-12H2,1H3. The van der Waals surface area contributed by atoms with E-state index in [1.165, 1.54) is 11.1 Å². The average molecular weight is 420 g/mol. The summed E-state index contributed by atoms with van der Waals surface area (Å²) >= 11 is 0. The van der Waals surface area contributed by atoms with Crippen LogP contribution in [0, 0.1) is 0 Å². The lowest BCUT2D eigenvalue weighted by Gasteiger charge is -2.39. The molecule has 1 fully saturated rings. The SMILES string of the molecule is Cn1cncc1-c1ccc2nnc(CC(=O)c3ccnc(N4CC(F)(F)C4)c3)cc2c1. The number of rotatable bonds is 5. The number of aromatic nitrogens is 5. The van der Waals surface area contributed by atoms with E-state index in [9.17, 15) is 13.6 Å². The fourth-order valence-electron chi connectivity index (χ4n) is 3.67. The van der Waals surface area contributed by atoms with Crippen LogP contribution in [0.3, 0.4) is 0 Å². The van der Waals surface area contributed by atoms with Crippen molar-refractivity contribution >= 4 is 22.5 Å². The smallest absolute Gasteiger partial charge is 0.282 e. The first kappa shape index (κ1) is 19.2. The predicted octanol–water partition coefficient (Wildman–Crippen LogP) is 3.31. The molecule has 7 nitrogen and oxygen atoms in total. The van der Waals surface area contributed by atoms with Crippen LogP contribution in [0.25, 0.3) is 22.2 Å². The number of nitrogens with zero attached hydrogens (tertiary/aromatic N) is 6. The third-order valence-electron chi connectivity index (χ3n) is 5.33. The number of Topliss-reactive ketones (excluding diaryl/α,β-unsaturated/α-hetero) is 1. The minimum absolute atomic E-state index is 0.0541. The van der Waals surface area contributed by atoms with Crippen molar-refractivity contribution in [2.45, 2.75) is 12.3 Å². The number of hydrogen-bond donors (Lipinski definition) is 0. The van der Waals surface area contributed by atoms with Gasteiger partial charge in [-0.05, 0) is 30.3 Å². The second-order valence-electron chi connectivity index (χ2n) is 7.71. The summed E-state index contributed by atoms with van der Waals surface area (Å²) < 4.78 is 28.2. The molecule has 4 heterocycles. The van der Waals surface area contributed by atoms with Gasteiger partial charge in [-0.15, -0.1) is 0 Å². The highest BCUT2D eigenvalue weighted by Crippen LogP contribution is 2.31. The van der Waals surface area contributed by atoms with E-state index in [4.69, 9.17) is 0 Å². The lowest BCUT2D eigenvalue weighted by Crippen LogP contribution is -2.56. The van der Waals surface area contributed by atoms with E-state index in [1.54, 1.807) is 24.7 Å². The maximum Gasteiger partial charge on any atom is 0.282 e. The minimum atomic E-state index is -2.70. The Labute approximate surface area is 176 Å². The van der Waals surface area contributed by atoms with Gasteiger partial charge in [-0.1, -0.05) is 6.07 Å². The van der Waals surface area contributed by atoms with Crippen molar-refractivity contribution in [1.82, 2.24) is 24.7 Å². The molecular formula is C22H18F2N6O. The van der Waals surface area contributed by atoms with E-state index in [-0.39, 0.29) is 25.3 Å². The normalized spacial score (nSPS) is 15.1. The molecule has 0 radical (unpaired) electrons. The van der Waals surface area contributed by atoms with E-state index in [0.717, 1.165) is 22.2 Å². The van der Waals surface area contributed by atoms with Gasteiger partial charge in [0.15, 0.2) is 5.78 Å². The van der Waals surface area contributed by atoms with Crippen molar-refractivity contribution in [1.29, 1.82) is 0 Å². The molecule has 0 N–H and O–H groups in total. The number of imidazole rings is 1. The van der Waals surface area contributed by atoms with E-state index < -0.39 is 5.92 Å². The van der Waals surface area contributed by atoms with Crippen LogP contribution in [0.5, 0.6) is 0 Å². The summed E-state index contributed by atoms with van der Waals surface area (Å²) in [6, 6.07) is 10.8. The number of aryl methyl sites for hydroxylation is 1. The molecule has 0 saturated carbocycles. The zero-order valence-electron chi connectivity index (χ0n) is 16.7. The largest absolute Gasteiger partial charge is 0.344 e. The molecule has 1 aliphatic heterocycles. The number of carbonyl (C=O) groups is 1. The van der Waals surface area contributed by atoms with Crippen molar-refractivity contribution in [3.63, 3.8) is 0 Å². The van der Waals surface area contributed by atoms with Crippen molar-refractivity contribution in [2.75, 3.05) is 18.0 Å². The van der Waals surface area contributed by atoms with Gasteiger partial charge < -0.3 is 9.47 Å². The summed E-state index contributed by atoms with van der Waals surface area (Å²) in [6.45, 7) is -0.764. The Morgan fingerprint density at radius 2 is 1.97 bits per heavy atom. The summed E-state index contributed by atoms with van der Waals surface area (Å²) in [5, 5.41) is 9.27. The molecule has 4 aromatic rings. The number of pyridine rings is 1. The summed E-state index contributed by atoms with van der Waals surface area (Å²) in [5.74, 6) is -2.49. The maximum atomic E-state index is 13.1. The fraction of sp³-hybridized carbons (Fsp3) is 0.227. The van der Waals surface area contributed by atoms with Crippen LogP contribution in [0.2, 0.25) is 0 Å². The van der Waals surface area contributed by atoms with Crippen LogP contribution in [0.4, 0.5) is 14.6 Å². The summed E-state index contributed by atoms with van der Waals surface area (Å²) in [7, 11) is 1.92. The monoisotopic (exact) mass is 420 g/mol. The Hall–Kier alpha value is -3.75. The molecule has 9 heteroatoms. The second-order valence-corrected chi connectivity index (χ2v) is 7.71. The lowest BCUT2D eigenvalue weighted by molar-refractivity contribution is -0.0267. The average Bonchev–Trinajstić information content (AvgIpc) is 3.17. The Morgan fingerprint density at radius 1 is 1.13 bits per heavy atom.